The molecule has 0 radical (unpaired) electrons. The summed E-state index contributed by atoms with van der Waals surface area (Å²) in [4.78, 5) is 14.0. The number of carbonyl (C=O) groups excluding carboxylic acids is 1. The van der Waals surface area contributed by atoms with Gasteiger partial charge in [-0.1, -0.05) is 44.2 Å². The number of thioether (sulfide) groups is 1. The summed E-state index contributed by atoms with van der Waals surface area (Å²) in [5.41, 5.74) is 0.628. The molecule has 152 valence electrons. The van der Waals surface area contributed by atoms with E-state index in [1.54, 1.807) is 42.1 Å². The van der Waals surface area contributed by atoms with E-state index in [2.05, 4.69) is 10.0 Å². The lowest BCUT2D eigenvalue weighted by Gasteiger charge is -2.22. The lowest BCUT2D eigenvalue weighted by Crippen LogP contribution is -2.47. The van der Waals surface area contributed by atoms with Gasteiger partial charge in [0.1, 0.15) is 6.04 Å². The third-order valence-corrected chi connectivity index (χ3v) is 6.80. The summed E-state index contributed by atoms with van der Waals surface area (Å²) in [5, 5.41) is 4.59. The molecule has 3 aromatic rings. The Morgan fingerprint density at radius 1 is 0.931 bits per heavy atom. The number of fused-ring (bicyclic) bond motifs is 1. The molecule has 7 heteroatoms. The minimum Gasteiger partial charge on any atom is -0.325 e. The molecule has 0 aliphatic carbocycles. The fraction of sp³-hybridized carbons (Fsp3) is 0.227. The average Bonchev–Trinajstić information content (AvgIpc) is 2.72. The Labute approximate surface area is 176 Å². The Morgan fingerprint density at radius 2 is 1.59 bits per heavy atom. The van der Waals surface area contributed by atoms with Crippen LogP contribution in [0.15, 0.2) is 76.5 Å². The Balaban J connectivity index is 1.81. The number of sulfonamides is 1. The van der Waals surface area contributed by atoms with Crippen molar-refractivity contribution in [3.8, 4) is 0 Å². The van der Waals surface area contributed by atoms with Gasteiger partial charge in [0.05, 0.1) is 4.90 Å². The van der Waals surface area contributed by atoms with Crippen molar-refractivity contribution in [1.29, 1.82) is 0 Å². The van der Waals surface area contributed by atoms with E-state index in [1.807, 2.05) is 56.5 Å². The molecule has 0 bridgehead atoms. The van der Waals surface area contributed by atoms with E-state index in [4.69, 9.17) is 0 Å². The normalized spacial score (nSPS) is 12.8. The fourth-order valence-electron chi connectivity index (χ4n) is 2.96. The van der Waals surface area contributed by atoms with Gasteiger partial charge in [0, 0.05) is 10.6 Å². The van der Waals surface area contributed by atoms with Crippen LogP contribution in [0.1, 0.15) is 13.8 Å². The van der Waals surface area contributed by atoms with Gasteiger partial charge >= 0.3 is 0 Å². The van der Waals surface area contributed by atoms with Crippen LogP contribution in [-0.2, 0) is 14.8 Å². The maximum atomic E-state index is 12.9. The lowest BCUT2D eigenvalue weighted by molar-refractivity contribution is -0.118. The van der Waals surface area contributed by atoms with E-state index in [9.17, 15) is 13.2 Å². The molecule has 0 saturated carbocycles. The quantitative estimate of drug-likeness (QED) is 0.543. The standard InChI is InChI=1S/C22H24N2O3S2/c1-15(2)21(22(25)23-18-9-11-19(28-3)12-10-18)24-29(26,27)20-13-8-16-6-4-5-7-17(16)14-20/h4-15,21,24H,1-3H3,(H,23,25). The molecule has 0 spiro atoms. The zero-order valence-corrected chi connectivity index (χ0v) is 18.2. The molecule has 1 atom stereocenters. The van der Waals surface area contributed by atoms with E-state index in [1.165, 1.54) is 0 Å². The van der Waals surface area contributed by atoms with Gasteiger partial charge in [-0.15, -0.1) is 11.8 Å². The van der Waals surface area contributed by atoms with E-state index in [0.717, 1.165) is 15.7 Å². The minimum atomic E-state index is -3.86. The Morgan fingerprint density at radius 3 is 2.21 bits per heavy atom. The van der Waals surface area contributed by atoms with Crippen molar-refractivity contribution in [1.82, 2.24) is 4.72 Å². The van der Waals surface area contributed by atoms with Crippen molar-refractivity contribution < 1.29 is 13.2 Å². The molecule has 1 amide bonds. The first-order valence-corrected chi connectivity index (χ1v) is 12.0. The molecule has 3 aromatic carbocycles. The van der Waals surface area contributed by atoms with Crippen molar-refractivity contribution in [3.63, 3.8) is 0 Å². The van der Waals surface area contributed by atoms with Crippen molar-refractivity contribution in [2.24, 2.45) is 5.92 Å². The molecule has 0 aliphatic heterocycles. The highest BCUT2D eigenvalue weighted by atomic mass is 32.2. The topological polar surface area (TPSA) is 75.3 Å². The zero-order valence-electron chi connectivity index (χ0n) is 16.5. The maximum absolute atomic E-state index is 12.9. The number of anilines is 1. The predicted molar refractivity (Wildman–Crippen MR) is 120 cm³/mol. The van der Waals surface area contributed by atoms with Gasteiger partial charge in [0.15, 0.2) is 0 Å². The van der Waals surface area contributed by atoms with Crippen molar-refractivity contribution in [3.05, 3.63) is 66.7 Å². The highest BCUT2D eigenvalue weighted by Crippen LogP contribution is 2.21. The van der Waals surface area contributed by atoms with Crippen LogP contribution in [-0.4, -0.2) is 26.6 Å². The Hall–Kier alpha value is -2.35. The predicted octanol–water partition coefficient (Wildman–Crippen LogP) is 4.50. The van der Waals surface area contributed by atoms with Crippen molar-refractivity contribution in [2.45, 2.75) is 29.7 Å². The molecule has 2 N–H and O–H groups in total. The second-order valence-electron chi connectivity index (χ2n) is 7.07. The first-order valence-electron chi connectivity index (χ1n) is 9.26. The molecule has 3 rings (SSSR count). The number of amides is 1. The summed E-state index contributed by atoms with van der Waals surface area (Å²) in [7, 11) is -3.86. The fourth-order valence-corrected chi connectivity index (χ4v) is 4.74. The van der Waals surface area contributed by atoms with Crippen LogP contribution in [0.25, 0.3) is 10.8 Å². The number of rotatable bonds is 7. The number of hydrogen-bond donors (Lipinski definition) is 2. The van der Waals surface area contributed by atoms with Crippen LogP contribution in [0.5, 0.6) is 0 Å². The summed E-state index contributed by atoms with van der Waals surface area (Å²) in [6.45, 7) is 3.62. The molecule has 0 aliphatic rings. The van der Waals surface area contributed by atoms with Crippen molar-refractivity contribution >= 4 is 44.2 Å². The molecular weight excluding hydrogens is 404 g/mol. The van der Waals surface area contributed by atoms with Crippen LogP contribution in [0.3, 0.4) is 0 Å². The van der Waals surface area contributed by atoms with Gasteiger partial charge in [-0.3, -0.25) is 4.79 Å². The molecule has 29 heavy (non-hydrogen) atoms. The highest BCUT2D eigenvalue weighted by molar-refractivity contribution is 7.98. The van der Waals surface area contributed by atoms with Crippen LogP contribution < -0.4 is 10.0 Å². The molecule has 1 unspecified atom stereocenters. The molecule has 0 fully saturated rings. The van der Waals surface area contributed by atoms with E-state index < -0.39 is 16.1 Å². The second kappa shape index (κ2) is 8.98. The third-order valence-electron chi connectivity index (χ3n) is 4.62. The number of nitrogens with one attached hydrogen (secondary N) is 2. The largest absolute Gasteiger partial charge is 0.325 e. The van der Waals surface area contributed by atoms with Crippen LogP contribution >= 0.6 is 11.8 Å². The van der Waals surface area contributed by atoms with Crippen molar-refractivity contribution in [2.75, 3.05) is 11.6 Å². The monoisotopic (exact) mass is 428 g/mol. The first kappa shape index (κ1) is 21.4. The van der Waals surface area contributed by atoms with E-state index in [0.29, 0.717) is 5.69 Å². The molecule has 0 saturated heterocycles. The SMILES string of the molecule is CSc1ccc(NC(=O)C(NS(=O)(=O)c2ccc3ccccc3c2)C(C)C)cc1. The Bertz CT molecular complexity index is 1110. The number of benzene rings is 3. The summed E-state index contributed by atoms with van der Waals surface area (Å²) in [6.07, 6.45) is 1.98. The molecule has 0 aromatic heterocycles. The molecule has 0 heterocycles. The average molecular weight is 429 g/mol. The number of hydrogen-bond acceptors (Lipinski definition) is 4. The summed E-state index contributed by atoms with van der Waals surface area (Å²) in [6, 6.07) is 19.0. The Kier molecular flexibility index (Phi) is 6.62. The van der Waals surface area contributed by atoms with Gasteiger partial charge in [-0.25, -0.2) is 8.42 Å². The minimum absolute atomic E-state index is 0.138. The van der Waals surface area contributed by atoms with Gasteiger partial charge < -0.3 is 5.32 Å². The zero-order chi connectivity index (χ0) is 21.0. The molecular formula is C22H24N2O3S2. The smallest absolute Gasteiger partial charge is 0.242 e. The summed E-state index contributed by atoms with van der Waals surface area (Å²) < 4.78 is 28.4. The lowest BCUT2D eigenvalue weighted by atomic mass is 10.0. The van der Waals surface area contributed by atoms with Gasteiger partial charge in [-0.05, 0) is 59.3 Å². The highest BCUT2D eigenvalue weighted by Gasteiger charge is 2.28. The number of carbonyl (C=O) groups is 1. The third kappa shape index (κ3) is 5.18. The van der Waals surface area contributed by atoms with E-state index in [-0.39, 0.29) is 16.7 Å². The van der Waals surface area contributed by atoms with Crippen LogP contribution in [0.4, 0.5) is 5.69 Å². The second-order valence-corrected chi connectivity index (χ2v) is 9.66. The van der Waals surface area contributed by atoms with Gasteiger partial charge in [0.2, 0.25) is 15.9 Å². The van der Waals surface area contributed by atoms with Gasteiger partial charge in [0.25, 0.3) is 0 Å². The maximum Gasteiger partial charge on any atom is 0.242 e. The van der Waals surface area contributed by atoms with E-state index >= 15 is 0 Å². The first-order chi connectivity index (χ1) is 13.8. The van der Waals surface area contributed by atoms with Crippen LogP contribution in [0, 0.1) is 5.92 Å². The molecule has 5 nitrogen and oxygen atoms in total. The van der Waals surface area contributed by atoms with Crippen LogP contribution in [0.2, 0.25) is 0 Å². The summed E-state index contributed by atoms with van der Waals surface area (Å²) in [5.74, 6) is -0.614. The summed E-state index contributed by atoms with van der Waals surface area (Å²) >= 11 is 1.61. The van der Waals surface area contributed by atoms with Gasteiger partial charge in [-0.2, -0.15) is 4.72 Å².